The van der Waals surface area contributed by atoms with Crippen LogP contribution in [0.5, 0.6) is 5.75 Å². The number of pyridine rings is 1. The van der Waals surface area contributed by atoms with Gasteiger partial charge in [0, 0.05) is 12.6 Å². The Bertz CT molecular complexity index is 586. The van der Waals surface area contributed by atoms with Crippen molar-refractivity contribution in [3.8, 4) is 5.75 Å². The Morgan fingerprint density at radius 3 is 3.00 bits per heavy atom. The first-order valence-electron chi connectivity index (χ1n) is 6.54. The molecule has 0 radical (unpaired) electrons. The van der Waals surface area contributed by atoms with Crippen LogP contribution >= 0.6 is 0 Å². The molecule has 0 bridgehead atoms. The molecule has 0 spiro atoms. The van der Waals surface area contributed by atoms with Crippen LogP contribution in [0.3, 0.4) is 0 Å². The Labute approximate surface area is 122 Å². The van der Waals surface area contributed by atoms with Crippen LogP contribution in [0.25, 0.3) is 0 Å². The van der Waals surface area contributed by atoms with Gasteiger partial charge in [0.05, 0.1) is 19.1 Å². The zero-order valence-corrected chi connectivity index (χ0v) is 11.7. The molecule has 0 aliphatic heterocycles. The van der Waals surface area contributed by atoms with Crippen molar-refractivity contribution in [1.29, 1.82) is 0 Å². The van der Waals surface area contributed by atoms with Crippen molar-refractivity contribution in [1.82, 2.24) is 4.98 Å². The molecule has 0 amide bonds. The maximum Gasteiger partial charge on any atom is 0.316 e. The van der Waals surface area contributed by atoms with E-state index in [1.165, 1.54) is 25.3 Å². The molecule has 0 aromatic carbocycles. The molecule has 0 saturated heterocycles. The number of hydrogen-bond acceptors (Lipinski definition) is 5. The number of nitrogen functional groups attached to an aromatic ring is 1. The van der Waals surface area contributed by atoms with Gasteiger partial charge in [-0.15, -0.1) is 0 Å². The number of nitrogens with zero attached hydrogens (tertiary/aromatic N) is 1. The summed E-state index contributed by atoms with van der Waals surface area (Å²) in [6.45, 7) is 0.241. The Kier molecular flexibility index (Phi) is 4.57. The lowest BCUT2D eigenvalue weighted by Crippen LogP contribution is -2.33. The number of esters is 1. The average Bonchev–Trinajstić information content (AvgIpc) is 2.50. The Hall–Kier alpha value is -2.37. The number of rotatable bonds is 5. The second kappa shape index (κ2) is 6.39. The van der Waals surface area contributed by atoms with Gasteiger partial charge in [-0.2, -0.15) is 0 Å². The third-order valence-electron chi connectivity index (χ3n) is 3.42. The quantitative estimate of drug-likeness (QED) is 0.843. The normalized spacial score (nSPS) is 20.8. The molecule has 2 rings (SSSR count). The SMILES string of the molecule is COC(=O)C1(CCOc2cccnc2N)C=CC(F)=CC1. The molecule has 2 N–H and O–H groups in total. The summed E-state index contributed by atoms with van der Waals surface area (Å²) in [6, 6.07) is 3.41. The van der Waals surface area contributed by atoms with Gasteiger partial charge >= 0.3 is 5.97 Å². The highest BCUT2D eigenvalue weighted by Gasteiger charge is 2.37. The van der Waals surface area contributed by atoms with E-state index in [0.717, 1.165) is 0 Å². The Balaban J connectivity index is 2.03. The van der Waals surface area contributed by atoms with E-state index in [-0.39, 0.29) is 24.7 Å². The summed E-state index contributed by atoms with van der Waals surface area (Å²) in [5, 5.41) is 0. The third-order valence-corrected chi connectivity index (χ3v) is 3.42. The van der Waals surface area contributed by atoms with Gasteiger partial charge in [-0.05, 0) is 30.7 Å². The number of carbonyl (C=O) groups excluding carboxylic acids is 1. The molecule has 6 heteroatoms. The first-order chi connectivity index (χ1) is 10.1. The molecule has 112 valence electrons. The van der Waals surface area contributed by atoms with Crippen molar-refractivity contribution in [3.05, 3.63) is 42.4 Å². The fourth-order valence-corrected chi connectivity index (χ4v) is 2.16. The Morgan fingerprint density at radius 1 is 1.57 bits per heavy atom. The maximum absolute atomic E-state index is 13.1. The second-order valence-corrected chi connectivity index (χ2v) is 4.76. The van der Waals surface area contributed by atoms with Crippen LogP contribution in [-0.2, 0) is 9.53 Å². The van der Waals surface area contributed by atoms with Crippen molar-refractivity contribution in [3.63, 3.8) is 0 Å². The van der Waals surface area contributed by atoms with E-state index >= 15 is 0 Å². The minimum Gasteiger partial charge on any atom is -0.490 e. The molecular formula is C15H17FN2O3. The monoisotopic (exact) mass is 292 g/mol. The van der Waals surface area contributed by atoms with Gasteiger partial charge < -0.3 is 15.2 Å². The second-order valence-electron chi connectivity index (χ2n) is 4.76. The predicted octanol–water partition coefficient (Wildman–Crippen LogP) is 2.41. The van der Waals surface area contributed by atoms with E-state index < -0.39 is 11.4 Å². The van der Waals surface area contributed by atoms with Crippen LogP contribution in [0.4, 0.5) is 10.2 Å². The zero-order valence-electron chi connectivity index (χ0n) is 11.7. The van der Waals surface area contributed by atoms with Crippen molar-refractivity contribution in [2.75, 3.05) is 19.5 Å². The van der Waals surface area contributed by atoms with E-state index in [0.29, 0.717) is 12.2 Å². The molecule has 0 saturated carbocycles. The smallest absolute Gasteiger partial charge is 0.316 e. The third kappa shape index (κ3) is 3.39. The highest BCUT2D eigenvalue weighted by Crippen LogP contribution is 2.35. The van der Waals surface area contributed by atoms with Gasteiger partial charge in [0.2, 0.25) is 0 Å². The number of anilines is 1. The minimum absolute atomic E-state index is 0.241. The molecule has 1 unspecified atom stereocenters. The molecule has 0 fully saturated rings. The topological polar surface area (TPSA) is 74.4 Å². The molecule has 1 aliphatic rings. The van der Waals surface area contributed by atoms with Gasteiger partial charge in [0.25, 0.3) is 0 Å². The molecule has 5 nitrogen and oxygen atoms in total. The molecule has 1 aromatic rings. The number of carbonyl (C=O) groups is 1. The molecule has 1 aromatic heterocycles. The maximum atomic E-state index is 13.1. The van der Waals surface area contributed by atoms with Gasteiger partial charge in [-0.3, -0.25) is 4.79 Å². The van der Waals surface area contributed by atoms with Gasteiger partial charge in [0.1, 0.15) is 5.83 Å². The lowest BCUT2D eigenvalue weighted by atomic mass is 9.78. The first kappa shape index (κ1) is 15.0. The van der Waals surface area contributed by atoms with Gasteiger partial charge in [0.15, 0.2) is 11.6 Å². The summed E-state index contributed by atoms with van der Waals surface area (Å²) in [7, 11) is 1.31. The minimum atomic E-state index is -0.901. The summed E-state index contributed by atoms with van der Waals surface area (Å²) in [6.07, 6.45) is 6.34. The number of ether oxygens (including phenoxy) is 2. The van der Waals surface area contributed by atoms with Crippen molar-refractivity contribution < 1.29 is 18.7 Å². The van der Waals surface area contributed by atoms with E-state index in [2.05, 4.69) is 4.98 Å². The lowest BCUT2D eigenvalue weighted by molar-refractivity contribution is -0.150. The number of methoxy groups -OCH3 is 1. The molecule has 1 heterocycles. The Morgan fingerprint density at radius 2 is 2.38 bits per heavy atom. The summed E-state index contributed by atoms with van der Waals surface area (Å²) in [5.74, 6) is -0.0222. The van der Waals surface area contributed by atoms with Crippen molar-refractivity contribution >= 4 is 11.8 Å². The van der Waals surface area contributed by atoms with Crippen molar-refractivity contribution in [2.45, 2.75) is 12.8 Å². The van der Waals surface area contributed by atoms with Crippen LogP contribution in [0, 0.1) is 5.41 Å². The number of allylic oxidation sites excluding steroid dienone is 3. The first-order valence-corrected chi connectivity index (χ1v) is 6.54. The van der Waals surface area contributed by atoms with Crippen LogP contribution in [-0.4, -0.2) is 24.7 Å². The van der Waals surface area contributed by atoms with E-state index in [9.17, 15) is 9.18 Å². The standard InChI is InChI=1S/C15H17FN2O3/c1-20-14(19)15(6-4-11(16)5-7-15)8-10-21-12-3-2-9-18-13(12)17/h2-6,9H,7-8,10H2,1H3,(H2,17,18). The number of nitrogens with two attached hydrogens (primary N) is 1. The molecular weight excluding hydrogens is 275 g/mol. The van der Waals surface area contributed by atoms with Gasteiger partial charge in [-0.25, -0.2) is 9.37 Å². The number of halogens is 1. The lowest BCUT2D eigenvalue weighted by Gasteiger charge is -2.28. The highest BCUT2D eigenvalue weighted by atomic mass is 19.1. The van der Waals surface area contributed by atoms with Crippen LogP contribution < -0.4 is 10.5 Å². The molecule has 1 atom stereocenters. The van der Waals surface area contributed by atoms with Crippen LogP contribution in [0.15, 0.2) is 42.4 Å². The van der Waals surface area contributed by atoms with Crippen LogP contribution in [0.2, 0.25) is 0 Å². The van der Waals surface area contributed by atoms with Crippen molar-refractivity contribution in [2.24, 2.45) is 5.41 Å². The summed E-state index contributed by atoms with van der Waals surface area (Å²) >= 11 is 0. The fourth-order valence-electron chi connectivity index (χ4n) is 2.16. The van der Waals surface area contributed by atoms with E-state index in [4.69, 9.17) is 15.2 Å². The van der Waals surface area contributed by atoms with E-state index in [1.807, 2.05) is 0 Å². The summed E-state index contributed by atoms with van der Waals surface area (Å²) < 4.78 is 23.5. The average molecular weight is 292 g/mol. The molecule has 1 aliphatic carbocycles. The highest BCUT2D eigenvalue weighted by molar-refractivity contribution is 5.79. The predicted molar refractivity (Wildman–Crippen MR) is 76.2 cm³/mol. The summed E-state index contributed by atoms with van der Waals surface area (Å²) in [4.78, 5) is 15.9. The van der Waals surface area contributed by atoms with E-state index in [1.54, 1.807) is 18.3 Å². The zero-order chi connectivity index (χ0) is 15.3. The van der Waals surface area contributed by atoms with Gasteiger partial charge in [-0.1, -0.05) is 6.08 Å². The fraction of sp³-hybridized carbons (Fsp3) is 0.333. The summed E-state index contributed by atoms with van der Waals surface area (Å²) in [5.41, 5.74) is 4.77. The number of aromatic nitrogens is 1. The van der Waals surface area contributed by atoms with Crippen LogP contribution in [0.1, 0.15) is 12.8 Å². The largest absolute Gasteiger partial charge is 0.490 e. The molecule has 21 heavy (non-hydrogen) atoms. The number of hydrogen-bond donors (Lipinski definition) is 1.